The number of carbonyl (C=O) groups excluding carboxylic acids is 1. The number of amides is 1. The van der Waals surface area contributed by atoms with Crippen LogP contribution in [-0.4, -0.2) is 37.9 Å². The molecular weight excluding hydrogens is 296 g/mol. The Morgan fingerprint density at radius 1 is 1.45 bits per heavy atom. The molecule has 0 N–H and O–H groups in total. The van der Waals surface area contributed by atoms with E-state index in [9.17, 15) is 4.79 Å². The third kappa shape index (κ3) is 2.88. The van der Waals surface area contributed by atoms with E-state index < -0.39 is 0 Å². The Labute approximate surface area is 134 Å². The molecule has 0 saturated carbocycles. The average molecular weight is 316 g/mol. The number of hydrogen-bond acceptors (Lipinski definition) is 4. The first kappa shape index (κ1) is 15.1. The minimum atomic E-state index is -0.0298. The summed E-state index contributed by atoms with van der Waals surface area (Å²) >= 11 is 1.66. The predicted molar refractivity (Wildman–Crippen MR) is 86.7 cm³/mol. The molecule has 0 bridgehead atoms. The van der Waals surface area contributed by atoms with Gasteiger partial charge in [0.2, 0.25) is 5.91 Å². The van der Waals surface area contributed by atoms with E-state index in [4.69, 9.17) is 0 Å². The lowest BCUT2D eigenvalue weighted by Gasteiger charge is -2.21. The number of thioether (sulfide) groups is 1. The molecule has 2 heterocycles. The van der Waals surface area contributed by atoms with Gasteiger partial charge in [0.1, 0.15) is 6.33 Å². The van der Waals surface area contributed by atoms with Crippen molar-refractivity contribution in [3.63, 3.8) is 0 Å². The molecule has 1 atom stereocenters. The molecule has 0 fully saturated rings. The first-order chi connectivity index (χ1) is 10.6. The molecule has 1 amide bonds. The molecule has 0 radical (unpaired) electrons. The Morgan fingerprint density at radius 2 is 2.23 bits per heavy atom. The number of carbonyl (C=O) groups is 1. The van der Waals surface area contributed by atoms with Gasteiger partial charge in [0.25, 0.3) is 0 Å². The van der Waals surface area contributed by atoms with Crippen molar-refractivity contribution in [2.45, 2.75) is 43.0 Å². The topological polar surface area (TPSA) is 51.0 Å². The fourth-order valence-electron chi connectivity index (χ4n) is 2.67. The van der Waals surface area contributed by atoms with Gasteiger partial charge in [-0.2, -0.15) is 0 Å². The maximum atomic E-state index is 12.7. The van der Waals surface area contributed by atoms with Crippen molar-refractivity contribution in [1.29, 1.82) is 0 Å². The van der Waals surface area contributed by atoms with Crippen LogP contribution in [-0.2, 0) is 17.8 Å². The van der Waals surface area contributed by atoms with Gasteiger partial charge in [0, 0.05) is 18.0 Å². The molecule has 3 rings (SSSR count). The Hall–Kier alpha value is -1.82. The first-order valence-electron chi connectivity index (χ1n) is 7.44. The number of benzene rings is 1. The van der Waals surface area contributed by atoms with E-state index in [1.54, 1.807) is 23.0 Å². The van der Waals surface area contributed by atoms with Gasteiger partial charge in [-0.15, -0.1) is 22.0 Å². The zero-order valence-electron chi connectivity index (χ0n) is 13.1. The molecule has 0 unspecified atom stereocenters. The van der Waals surface area contributed by atoms with E-state index in [0.717, 1.165) is 12.2 Å². The lowest BCUT2D eigenvalue weighted by atomic mass is 10.1. The SMILES string of the molecule is CC(C)n1cnnc1CN(C)C(=O)[C@H]1Cc2ccccc2S1. The highest BCUT2D eigenvalue weighted by molar-refractivity contribution is 8.01. The summed E-state index contributed by atoms with van der Waals surface area (Å²) in [4.78, 5) is 15.6. The maximum Gasteiger partial charge on any atom is 0.236 e. The van der Waals surface area contributed by atoms with E-state index >= 15 is 0 Å². The summed E-state index contributed by atoms with van der Waals surface area (Å²) < 4.78 is 2.00. The molecule has 22 heavy (non-hydrogen) atoms. The van der Waals surface area contributed by atoms with E-state index in [2.05, 4.69) is 36.2 Å². The Bertz CT molecular complexity index is 657. The second-order valence-electron chi connectivity index (χ2n) is 5.86. The van der Waals surface area contributed by atoms with E-state index in [0.29, 0.717) is 12.6 Å². The lowest BCUT2D eigenvalue weighted by molar-refractivity contribution is -0.129. The zero-order valence-corrected chi connectivity index (χ0v) is 13.9. The summed E-state index contributed by atoms with van der Waals surface area (Å²) in [6.07, 6.45) is 2.53. The number of aromatic nitrogens is 3. The van der Waals surface area contributed by atoms with E-state index in [-0.39, 0.29) is 11.2 Å². The van der Waals surface area contributed by atoms with Crippen LogP contribution < -0.4 is 0 Å². The highest BCUT2D eigenvalue weighted by Gasteiger charge is 2.30. The van der Waals surface area contributed by atoms with Gasteiger partial charge < -0.3 is 9.47 Å². The predicted octanol–water partition coefficient (Wildman–Crippen LogP) is 2.53. The summed E-state index contributed by atoms with van der Waals surface area (Å²) in [7, 11) is 1.84. The van der Waals surface area contributed by atoms with Crippen molar-refractivity contribution in [2.75, 3.05) is 7.05 Å². The monoisotopic (exact) mass is 316 g/mol. The van der Waals surface area contributed by atoms with Crippen molar-refractivity contribution in [3.8, 4) is 0 Å². The number of nitrogens with zero attached hydrogens (tertiary/aromatic N) is 4. The molecule has 1 aliphatic heterocycles. The van der Waals surface area contributed by atoms with Crippen LogP contribution in [0.25, 0.3) is 0 Å². The number of rotatable bonds is 4. The summed E-state index contributed by atoms with van der Waals surface area (Å²) in [6, 6.07) is 8.53. The highest BCUT2D eigenvalue weighted by atomic mass is 32.2. The summed E-state index contributed by atoms with van der Waals surface area (Å²) in [5.74, 6) is 0.978. The third-order valence-corrected chi connectivity index (χ3v) is 5.19. The third-order valence-electron chi connectivity index (χ3n) is 3.88. The Kier molecular flexibility index (Phi) is 4.20. The van der Waals surface area contributed by atoms with Crippen LogP contribution in [0.4, 0.5) is 0 Å². The molecule has 1 aliphatic rings. The molecule has 2 aromatic rings. The molecule has 1 aromatic heterocycles. The van der Waals surface area contributed by atoms with Crippen LogP contribution in [0.15, 0.2) is 35.5 Å². The lowest BCUT2D eigenvalue weighted by Crippen LogP contribution is -2.35. The zero-order chi connectivity index (χ0) is 15.7. The van der Waals surface area contributed by atoms with Crippen LogP contribution in [0.1, 0.15) is 31.3 Å². The fourth-order valence-corrected chi connectivity index (χ4v) is 3.98. The average Bonchev–Trinajstić information content (AvgIpc) is 3.12. The molecule has 1 aromatic carbocycles. The molecule has 0 aliphatic carbocycles. The molecule has 0 spiro atoms. The summed E-state index contributed by atoms with van der Waals surface area (Å²) in [6.45, 7) is 4.65. The number of hydrogen-bond donors (Lipinski definition) is 0. The normalized spacial score (nSPS) is 16.8. The van der Waals surface area contributed by atoms with Crippen molar-refractivity contribution < 1.29 is 4.79 Å². The summed E-state index contributed by atoms with van der Waals surface area (Å²) in [5, 5.41) is 8.06. The standard InChI is InChI=1S/C16H20N4OS/c1-11(2)20-10-17-18-15(20)9-19(3)16(21)14-8-12-6-4-5-7-13(12)22-14/h4-7,10-11,14H,8-9H2,1-3H3/t14-/m1/s1. The van der Waals surface area contributed by atoms with E-state index in [1.165, 1.54) is 10.5 Å². The molecule has 6 heteroatoms. The van der Waals surface area contributed by atoms with Crippen LogP contribution in [0.5, 0.6) is 0 Å². The Morgan fingerprint density at radius 3 is 2.95 bits per heavy atom. The second-order valence-corrected chi connectivity index (χ2v) is 7.11. The van der Waals surface area contributed by atoms with Gasteiger partial charge in [-0.05, 0) is 31.9 Å². The summed E-state index contributed by atoms with van der Waals surface area (Å²) in [5.41, 5.74) is 1.27. The van der Waals surface area contributed by atoms with Crippen LogP contribution in [0.2, 0.25) is 0 Å². The minimum Gasteiger partial charge on any atom is -0.337 e. The van der Waals surface area contributed by atoms with Gasteiger partial charge in [0.05, 0.1) is 11.8 Å². The molecule has 116 valence electrons. The first-order valence-corrected chi connectivity index (χ1v) is 8.32. The van der Waals surface area contributed by atoms with E-state index in [1.807, 2.05) is 23.7 Å². The van der Waals surface area contributed by atoms with Crippen molar-refractivity contribution in [3.05, 3.63) is 42.0 Å². The second kappa shape index (κ2) is 6.12. The van der Waals surface area contributed by atoms with Crippen molar-refractivity contribution in [1.82, 2.24) is 19.7 Å². The largest absolute Gasteiger partial charge is 0.337 e. The minimum absolute atomic E-state index is 0.0298. The van der Waals surface area contributed by atoms with Gasteiger partial charge in [0.15, 0.2) is 5.82 Å². The smallest absolute Gasteiger partial charge is 0.236 e. The molecule has 5 nitrogen and oxygen atoms in total. The fraction of sp³-hybridized carbons (Fsp3) is 0.438. The van der Waals surface area contributed by atoms with Gasteiger partial charge >= 0.3 is 0 Å². The molecule has 0 saturated heterocycles. The maximum absolute atomic E-state index is 12.7. The van der Waals surface area contributed by atoms with Crippen LogP contribution in [0.3, 0.4) is 0 Å². The van der Waals surface area contributed by atoms with Crippen LogP contribution in [0, 0.1) is 0 Å². The van der Waals surface area contributed by atoms with Gasteiger partial charge in [-0.1, -0.05) is 18.2 Å². The van der Waals surface area contributed by atoms with Gasteiger partial charge in [-0.3, -0.25) is 4.79 Å². The van der Waals surface area contributed by atoms with Crippen molar-refractivity contribution in [2.24, 2.45) is 0 Å². The quantitative estimate of drug-likeness (QED) is 0.870. The molecular formula is C16H20N4OS. The van der Waals surface area contributed by atoms with Gasteiger partial charge in [-0.25, -0.2) is 0 Å². The van der Waals surface area contributed by atoms with Crippen molar-refractivity contribution >= 4 is 17.7 Å². The van der Waals surface area contributed by atoms with Crippen LogP contribution >= 0.6 is 11.8 Å². The number of fused-ring (bicyclic) bond motifs is 1. The Balaban J connectivity index is 1.67. The highest BCUT2D eigenvalue weighted by Crippen LogP contribution is 2.37.